The molecular formula is C20H21ClN2OS. The van der Waals surface area contributed by atoms with Gasteiger partial charge in [-0.1, -0.05) is 18.2 Å². The second kappa shape index (κ2) is 5.55. The molecule has 4 aliphatic rings. The molecule has 1 heterocycles. The Hall–Kier alpha value is -1.39. The smallest absolute Gasteiger partial charge is 0.257 e. The maximum atomic E-state index is 12.4. The number of thiazole rings is 1. The van der Waals surface area contributed by atoms with Crippen molar-refractivity contribution in [2.24, 2.45) is 11.8 Å². The average Bonchev–Trinajstić information content (AvgIpc) is 3.03. The summed E-state index contributed by atoms with van der Waals surface area (Å²) in [6.07, 6.45) is 7.17. The first kappa shape index (κ1) is 15.8. The first-order valence-electron chi connectivity index (χ1n) is 9.05. The molecule has 4 fully saturated rings. The van der Waals surface area contributed by atoms with E-state index in [0.29, 0.717) is 10.7 Å². The van der Waals surface area contributed by atoms with Crippen LogP contribution in [0.5, 0.6) is 0 Å². The van der Waals surface area contributed by atoms with Gasteiger partial charge in [0, 0.05) is 21.2 Å². The summed E-state index contributed by atoms with van der Waals surface area (Å²) in [4.78, 5) is 17.2. The van der Waals surface area contributed by atoms with Gasteiger partial charge in [0.2, 0.25) is 0 Å². The number of carbonyl (C=O) groups is 1. The molecule has 4 bridgehead atoms. The number of rotatable bonds is 3. The van der Waals surface area contributed by atoms with Crippen molar-refractivity contribution in [3.05, 3.63) is 47.0 Å². The van der Waals surface area contributed by atoms with Gasteiger partial charge in [0.1, 0.15) is 0 Å². The maximum Gasteiger partial charge on any atom is 0.257 e. The zero-order chi connectivity index (χ0) is 17.1. The van der Waals surface area contributed by atoms with Crippen LogP contribution in [0, 0.1) is 11.8 Å². The van der Waals surface area contributed by atoms with Crippen molar-refractivity contribution >= 4 is 34.0 Å². The predicted molar refractivity (Wildman–Crippen MR) is 101 cm³/mol. The lowest BCUT2D eigenvalue weighted by atomic mass is 9.48. The van der Waals surface area contributed by atoms with Crippen LogP contribution in [0.1, 0.15) is 54.6 Å². The number of nitrogens with zero attached hydrogens (tertiary/aromatic N) is 1. The van der Waals surface area contributed by atoms with Gasteiger partial charge < -0.3 is 0 Å². The molecule has 0 spiro atoms. The fourth-order valence-electron chi connectivity index (χ4n) is 5.78. The van der Waals surface area contributed by atoms with Gasteiger partial charge in [-0.3, -0.25) is 10.1 Å². The Morgan fingerprint density at radius 2 is 1.88 bits per heavy atom. The third-order valence-corrected chi connectivity index (χ3v) is 7.49. The number of benzene rings is 1. The summed E-state index contributed by atoms with van der Waals surface area (Å²) in [6.45, 7) is 0. The lowest BCUT2D eigenvalue weighted by Crippen LogP contribution is -2.55. The monoisotopic (exact) mass is 372 g/mol. The third-order valence-electron chi connectivity index (χ3n) is 6.29. The van der Waals surface area contributed by atoms with E-state index in [0.717, 1.165) is 24.0 Å². The molecule has 2 aromatic rings. The molecule has 6 rings (SSSR count). The summed E-state index contributed by atoms with van der Waals surface area (Å²) in [5.74, 6) is 1.41. The molecule has 2 unspecified atom stereocenters. The Bertz CT molecular complexity index is 804. The highest BCUT2D eigenvalue weighted by Gasteiger charge is 2.58. The number of alkyl halides is 1. The molecule has 4 saturated carbocycles. The minimum atomic E-state index is -0.0965. The van der Waals surface area contributed by atoms with Crippen molar-refractivity contribution < 1.29 is 4.79 Å². The number of nitrogens with one attached hydrogen (secondary N) is 1. The Morgan fingerprint density at radius 3 is 2.56 bits per heavy atom. The van der Waals surface area contributed by atoms with Crippen LogP contribution < -0.4 is 5.32 Å². The molecule has 0 aliphatic heterocycles. The van der Waals surface area contributed by atoms with Gasteiger partial charge >= 0.3 is 0 Å². The summed E-state index contributed by atoms with van der Waals surface area (Å²) in [7, 11) is 0. The summed E-state index contributed by atoms with van der Waals surface area (Å²) in [5.41, 5.74) is 1.95. The van der Waals surface area contributed by atoms with Gasteiger partial charge in [0.05, 0.1) is 5.69 Å². The fraction of sp³-hybridized carbons (Fsp3) is 0.500. The summed E-state index contributed by atoms with van der Waals surface area (Å²) in [6, 6.07) is 9.29. The SMILES string of the molecule is O=C(Nc1nc(C23CC4CC(CC(Cl)(C4)C2)C3)cs1)c1ccccc1. The van der Waals surface area contributed by atoms with E-state index >= 15 is 0 Å². The largest absolute Gasteiger partial charge is 0.298 e. The molecular weight excluding hydrogens is 352 g/mol. The highest BCUT2D eigenvalue weighted by molar-refractivity contribution is 7.14. The molecule has 0 radical (unpaired) electrons. The van der Waals surface area contributed by atoms with Crippen LogP contribution in [0.2, 0.25) is 0 Å². The maximum absolute atomic E-state index is 12.4. The van der Waals surface area contributed by atoms with Gasteiger partial charge in [0.25, 0.3) is 5.91 Å². The highest BCUT2D eigenvalue weighted by Crippen LogP contribution is 2.64. The Kier molecular flexibility index (Phi) is 3.52. The molecule has 3 nitrogen and oxygen atoms in total. The zero-order valence-corrected chi connectivity index (χ0v) is 15.6. The van der Waals surface area contributed by atoms with Gasteiger partial charge in [-0.15, -0.1) is 22.9 Å². The molecule has 1 aromatic heterocycles. The van der Waals surface area contributed by atoms with Crippen LogP contribution in [0.15, 0.2) is 35.7 Å². The van der Waals surface area contributed by atoms with E-state index in [2.05, 4.69) is 10.7 Å². The lowest BCUT2D eigenvalue weighted by molar-refractivity contribution is 0.00720. The van der Waals surface area contributed by atoms with Crippen molar-refractivity contribution in [2.45, 2.75) is 48.8 Å². The first-order chi connectivity index (χ1) is 12.0. The lowest BCUT2D eigenvalue weighted by Gasteiger charge is -2.59. The zero-order valence-electron chi connectivity index (χ0n) is 14.0. The normalized spacial score (nSPS) is 35.7. The van der Waals surface area contributed by atoms with Crippen LogP contribution in [0.25, 0.3) is 0 Å². The summed E-state index contributed by atoms with van der Waals surface area (Å²) < 4.78 is 0. The van der Waals surface area contributed by atoms with Crippen molar-refractivity contribution in [1.29, 1.82) is 0 Å². The number of hydrogen-bond donors (Lipinski definition) is 1. The minimum Gasteiger partial charge on any atom is -0.298 e. The molecule has 1 N–H and O–H groups in total. The third kappa shape index (κ3) is 2.70. The molecule has 25 heavy (non-hydrogen) atoms. The molecule has 0 saturated heterocycles. The van der Waals surface area contributed by atoms with Crippen molar-refractivity contribution in [3.63, 3.8) is 0 Å². The van der Waals surface area contributed by atoms with Crippen molar-refractivity contribution in [3.8, 4) is 0 Å². The second-order valence-corrected chi connectivity index (χ2v) is 9.91. The Labute approximate surface area is 156 Å². The van der Waals surface area contributed by atoms with E-state index in [1.807, 2.05) is 30.3 Å². The number of amides is 1. The average molecular weight is 373 g/mol. The number of aromatic nitrogens is 1. The van der Waals surface area contributed by atoms with Crippen molar-refractivity contribution in [2.75, 3.05) is 5.32 Å². The topological polar surface area (TPSA) is 42.0 Å². The molecule has 1 aromatic carbocycles. The van der Waals surface area contributed by atoms with Gasteiger partial charge in [-0.2, -0.15) is 0 Å². The first-order valence-corrected chi connectivity index (χ1v) is 10.3. The van der Waals surface area contributed by atoms with Crippen LogP contribution >= 0.6 is 22.9 Å². The van der Waals surface area contributed by atoms with E-state index in [1.54, 1.807) is 0 Å². The van der Waals surface area contributed by atoms with Crippen LogP contribution in [-0.2, 0) is 5.41 Å². The quantitative estimate of drug-likeness (QED) is 0.750. The van der Waals surface area contributed by atoms with E-state index in [1.165, 1.54) is 43.4 Å². The molecule has 2 atom stereocenters. The molecule has 1 amide bonds. The highest BCUT2D eigenvalue weighted by atomic mass is 35.5. The summed E-state index contributed by atoms with van der Waals surface area (Å²) >= 11 is 8.48. The number of hydrogen-bond acceptors (Lipinski definition) is 3. The van der Waals surface area contributed by atoms with Crippen LogP contribution in [0.4, 0.5) is 5.13 Å². The second-order valence-electron chi connectivity index (χ2n) is 8.25. The Morgan fingerprint density at radius 1 is 1.16 bits per heavy atom. The minimum absolute atomic E-state index is 0.0127. The number of halogens is 1. The van der Waals surface area contributed by atoms with E-state index in [9.17, 15) is 4.79 Å². The van der Waals surface area contributed by atoms with Gasteiger partial charge in [-0.05, 0) is 62.5 Å². The molecule has 130 valence electrons. The predicted octanol–water partition coefficient (Wildman–Crippen LogP) is 5.22. The van der Waals surface area contributed by atoms with Gasteiger partial charge in [-0.25, -0.2) is 4.98 Å². The van der Waals surface area contributed by atoms with E-state index in [4.69, 9.17) is 16.6 Å². The number of anilines is 1. The molecule has 4 aliphatic carbocycles. The standard InChI is InChI=1S/C20H21ClN2OS/c21-20-9-13-6-14(10-20)8-19(7-13,12-20)16-11-25-18(22-16)23-17(24)15-4-2-1-3-5-15/h1-5,11,13-14H,6-10,12H2,(H,22,23,24). The van der Waals surface area contributed by atoms with Crippen molar-refractivity contribution in [1.82, 2.24) is 4.98 Å². The summed E-state index contributed by atoms with van der Waals surface area (Å²) in [5, 5.41) is 5.80. The van der Waals surface area contributed by atoms with Crippen LogP contribution in [-0.4, -0.2) is 15.8 Å². The van der Waals surface area contributed by atoms with E-state index < -0.39 is 0 Å². The fourth-order valence-corrected chi connectivity index (χ4v) is 7.30. The number of carbonyl (C=O) groups excluding carboxylic acids is 1. The van der Waals surface area contributed by atoms with E-state index in [-0.39, 0.29) is 16.2 Å². The van der Waals surface area contributed by atoms with Gasteiger partial charge in [0.15, 0.2) is 5.13 Å². The Balaban J connectivity index is 1.39. The van der Waals surface area contributed by atoms with Crippen LogP contribution in [0.3, 0.4) is 0 Å². The molecule has 5 heteroatoms.